The molecule has 1 atom stereocenters. The van der Waals surface area contributed by atoms with E-state index in [0.29, 0.717) is 11.8 Å². The number of carbonyl (C=O) groups excluding carboxylic acids is 1. The number of amides is 1. The van der Waals surface area contributed by atoms with E-state index in [4.69, 9.17) is 0 Å². The van der Waals surface area contributed by atoms with Crippen LogP contribution in [-0.4, -0.2) is 25.5 Å². The topological polar surface area (TPSA) is 41.1 Å². The Bertz CT molecular complexity index is 411. The van der Waals surface area contributed by atoms with Crippen molar-refractivity contribution in [3.05, 3.63) is 35.4 Å². The van der Waals surface area contributed by atoms with Crippen molar-refractivity contribution in [2.45, 2.75) is 32.6 Å². The van der Waals surface area contributed by atoms with Crippen LogP contribution in [0.15, 0.2) is 24.3 Å². The lowest BCUT2D eigenvalue weighted by Crippen LogP contribution is -2.29. The number of nitrogens with one attached hydrogen (secondary N) is 2. The Balaban J connectivity index is 0.00000200. The average Bonchev–Trinajstić information content (AvgIpc) is 2.46. The lowest BCUT2D eigenvalue weighted by atomic mass is 9.91. The third-order valence-corrected chi connectivity index (χ3v) is 3.61. The molecular formula is C16H25ClN2O. The summed E-state index contributed by atoms with van der Waals surface area (Å²) in [5, 5.41) is 6.37. The van der Waals surface area contributed by atoms with E-state index < -0.39 is 0 Å². The van der Waals surface area contributed by atoms with Gasteiger partial charge in [-0.25, -0.2) is 0 Å². The van der Waals surface area contributed by atoms with E-state index >= 15 is 0 Å². The molecule has 1 aliphatic heterocycles. The number of rotatable bonds is 4. The molecule has 1 unspecified atom stereocenters. The van der Waals surface area contributed by atoms with Gasteiger partial charge in [-0.1, -0.05) is 26.0 Å². The first kappa shape index (κ1) is 17.0. The molecule has 0 bridgehead atoms. The number of hydrogen-bond acceptors (Lipinski definition) is 2. The van der Waals surface area contributed by atoms with Crippen LogP contribution in [-0.2, 0) is 0 Å². The van der Waals surface area contributed by atoms with E-state index in [2.05, 4.69) is 36.6 Å². The summed E-state index contributed by atoms with van der Waals surface area (Å²) in [4.78, 5) is 11.9. The summed E-state index contributed by atoms with van der Waals surface area (Å²) >= 11 is 0. The van der Waals surface area contributed by atoms with Gasteiger partial charge < -0.3 is 10.6 Å². The fourth-order valence-corrected chi connectivity index (χ4v) is 2.44. The molecule has 0 aromatic heterocycles. The smallest absolute Gasteiger partial charge is 0.251 e. The summed E-state index contributed by atoms with van der Waals surface area (Å²) in [5.74, 6) is 1.11. The first-order chi connectivity index (χ1) is 9.16. The largest absolute Gasteiger partial charge is 0.352 e. The number of piperidine rings is 1. The van der Waals surface area contributed by atoms with Crippen molar-refractivity contribution in [2.75, 3.05) is 19.6 Å². The van der Waals surface area contributed by atoms with Crippen LogP contribution in [0.5, 0.6) is 0 Å². The summed E-state index contributed by atoms with van der Waals surface area (Å²) in [6.45, 7) is 7.11. The highest BCUT2D eigenvalue weighted by molar-refractivity contribution is 5.94. The Kier molecular flexibility index (Phi) is 7.03. The van der Waals surface area contributed by atoms with Crippen molar-refractivity contribution in [1.82, 2.24) is 10.6 Å². The molecule has 0 radical (unpaired) electrons. The predicted molar refractivity (Wildman–Crippen MR) is 85.7 cm³/mol. The molecule has 1 aromatic rings. The van der Waals surface area contributed by atoms with Gasteiger partial charge in [0.25, 0.3) is 5.91 Å². The van der Waals surface area contributed by atoms with Gasteiger partial charge in [-0.05, 0) is 48.9 Å². The molecule has 2 rings (SSSR count). The van der Waals surface area contributed by atoms with Crippen LogP contribution in [0.4, 0.5) is 0 Å². The minimum absolute atomic E-state index is 0. The summed E-state index contributed by atoms with van der Waals surface area (Å²) in [6, 6.07) is 8.09. The van der Waals surface area contributed by atoms with Crippen LogP contribution in [0.1, 0.15) is 48.5 Å². The quantitative estimate of drug-likeness (QED) is 0.897. The van der Waals surface area contributed by atoms with Crippen LogP contribution >= 0.6 is 12.4 Å². The van der Waals surface area contributed by atoms with Crippen molar-refractivity contribution in [3.63, 3.8) is 0 Å². The van der Waals surface area contributed by atoms with Gasteiger partial charge in [0.05, 0.1) is 0 Å². The maximum absolute atomic E-state index is 11.9. The van der Waals surface area contributed by atoms with E-state index in [0.717, 1.165) is 25.2 Å². The van der Waals surface area contributed by atoms with Gasteiger partial charge >= 0.3 is 0 Å². The fourth-order valence-electron chi connectivity index (χ4n) is 2.44. The van der Waals surface area contributed by atoms with Crippen LogP contribution in [0.25, 0.3) is 0 Å². The molecule has 2 N–H and O–H groups in total. The van der Waals surface area contributed by atoms with Gasteiger partial charge in [-0.3, -0.25) is 4.79 Å². The zero-order chi connectivity index (χ0) is 13.7. The second kappa shape index (κ2) is 8.28. The molecule has 1 aliphatic rings. The van der Waals surface area contributed by atoms with Crippen molar-refractivity contribution in [1.29, 1.82) is 0 Å². The molecule has 0 saturated carbocycles. The van der Waals surface area contributed by atoms with Crippen molar-refractivity contribution < 1.29 is 4.79 Å². The highest BCUT2D eigenvalue weighted by Crippen LogP contribution is 2.23. The highest BCUT2D eigenvalue weighted by Gasteiger charge is 2.15. The molecule has 3 nitrogen and oxygen atoms in total. The normalized spacial score (nSPS) is 18.4. The molecule has 4 heteroatoms. The second-order valence-corrected chi connectivity index (χ2v) is 5.77. The molecular weight excluding hydrogens is 272 g/mol. The molecule has 112 valence electrons. The Hall–Kier alpha value is -1.06. The van der Waals surface area contributed by atoms with Crippen LogP contribution < -0.4 is 10.6 Å². The average molecular weight is 297 g/mol. The van der Waals surface area contributed by atoms with Gasteiger partial charge in [0, 0.05) is 18.7 Å². The van der Waals surface area contributed by atoms with Crippen LogP contribution in [0.2, 0.25) is 0 Å². The number of halogens is 1. The Labute approximate surface area is 127 Å². The number of hydrogen-bond donors (Lipinski definition) is 2. The predicted octanol–water partition coefficient (Wildman–Crippen LogP) is 2.96. The maximum Gasteiger partial charge on any atom is 0.251 e. The Morgan fingerprint density at radius 1 is 1.35 bits per heavy atom. The maximum atomic E-state index is 11.9. The van der Waals surface area contributed by atoms with E-state index in [1.165, 1.54) is 18.4 Å². The van der Waals surface area contributed by atoms with Crippen molar-refractivity contribution in [2.24, 2.45) is 5.92 Å². The van der Waals surface area contributed by atoms with E-state index in [1.54, 1.807) is 0 Å². The minimum atomic E-state index is 0. The zero-order valence-corrected chi connectivity index (χ0v) is 13.1. The van der Waals surface area contributed by atoms with Gasteiger partial charge in [-0.2, -0.15) is 0 Å². The molecule has 1 fully saturated rings. The van der Waals surface area contributed by atoms with Crippen LogP contribution in [0, 0.1) is 5.92 Å². The Morgan fingerprint density at radius 2 is 2.05 bits per heavy atom. The SMILES string of the molecule is CC(C)CNC(=O)c1ccc(C2CCCNC2)cc1.Cl. The fraction of sp³-hybridized carbons (Fsp3) is 0.562. The number of carbonyl (C=O) groups is 1. The summed E-state index contributed by atoms with van der Waals surface area (Å²) in [6.07, 6.45) is 2.48. The van der Waals surface area contributed by atoms with E-state index in [1.807, 2.05) is 12.1 Å². The standard InChI is InChI=1S/C16H24N2O.ClH/c1-12(2)10-18-16(19)14-7-5-13(6-8-14)15-4-3-9-17-11-15;/h5-8,12,15,17H,3-4,9-11H2,1-2H3,(H,18,19);1H. The third-order valence-electron chi connectivity index (χ3n) is 3.61. The minimum Gasteiger partial charge on any atom is -0.352 e. The first-order valence-electron chi connectivity index (χ1n) is 7.25. The van der Waals surface area contributed by atoms with Crippen molar-refractivity contribution >= 4 is 18.3 Å². The monoisotopic (exact) mass is 296 g/mol. The molecule has 20 heavy (non-hydrogen) atoms. The zero-order valence-electron chi connectivity index (χ0n) is 12.3. The first-order valence-corrected chi connectivity index (χ1v) is 7.25. The summed E-state index contributed by atoms with van der Waals surface area (Å²) in [5.41, 5.74) is 2.10. The molecule has 1 amide bonds. The summed E-state index contributed by atoms with van der Waals surface area (Å²) in [7, 11) is 0. The Morgan fingerprint density at radius 3 is 2.60 bits per heavy atom. The van der Waals surface area contributed by atoms with E-state index in [9.17, 15) is 4.79 Å². The highest BCUT2D eigenvalue weighted by atomic mass is 35.5. The van der Waals surface area contributed by atoms with Gasteiger partial charge in [-0.15, -0.1) is 12.4 Å². The van der Waals surface area contributed by atoms with Crippen molar-refractivity contribution in [3.8, 4) is 0 Å². The molecule has 1 heterocycles. The molecule has 0 aliphatic carbocycles. The molecule has 1 aromatic carbocycles. The second-order valence-electron chi connectivity index (χ2n) is 5.77. The van der Waals surface area contributed by atoms with Gasteiger partial charge in [0.1, 0.15) is 0 Å². The lowest BCUT2D eigenvalue weighted by Gasteiger charge is -2.23. The molecule has 0 spiro atoms. The van der Waals surface area contributed by atoms with Gasteiger partial charge in [0.15, 0.2) is 0 Å². The van der Waals surface area contributed by atoms with E-state index in [-0.39, 0.29) is 18.3 Å². The summed E-state index contributed by atoms with van der Waals surface area (Å²) < 4.78 is 0. The number of benzene rings is 1. The lowest BCUT2D eigenvalue weighted by molar-refractivity contribution is 0.0949. The molecule has 1 saturated heterocycles. The van der Waals surface area contributed by atoms with Crippen LogP contribution in [0.3, 0.4) is 0 Å². The third kappa shape index (κ3) is 4.80. The van der Waals surface area contributed by atoms with Gasteiger partial charge in [0.2, 0.25) is 0 Å².